The monoisotopic (exact) mass is 310 g/mol. The Morgan fingerprint density at radius 1 is 0.684 bits per heavy atom. The molecule has 0 aromatic rings. The Labute approximate surface area is 119 Å². The van der Waals surface area contributed by atoms with Crippen LogP contribution >= 0.6 is 0 Å². The van der Waals surface area contributed by atoms with E-state index in [4.69, 9.17) is 23.1 Å². The van der Waals surface area contributed by atoms with Crippen LogP contribution in [0.3, 0.4) is 0 Å². The lowest BCUT2D eigenvalue weighted by Crippen LogP contribution is -2.36. The summed E-state index contributed by atoms with van der Waals surface area (Å²) in [6.07, 6.45) is 1.87. The summed E-state index contributed by atoms with van der Waals surface area (Å²) in [6.45, 7) is 7.67. The average molecular weight is 311 g/mol. The lowest BCUT2D eigenvalue weighted by atomic mass is 10.5. The van der Waals surface area contributed by atoms with Gasteiger partial charge in [0.1, 0.15) is 0 Å². The van der Waals surface area contributed by atoms with E-state index < -0.39 is 16.9 Å². The van der Waals surface area contributed by atoms with Gasteiger partial charge in [-0.3, -0.25) is 0 Å². The second kappa shape index (κ2) is 10.0. The van der Waals surface area contributed by atoms with Crippen molar-refractivity contribution < 1.29 is 23.1 Å². The van der Waals surface area contributed by atoms with Crippen molar-refractivity contribution in [1.82, 2.24) is 0 Å². The molecule has 0 aromatic heterocycles. The minimum Gasteiger partial charge on any atom is -0.420 e. The zero-order valence-electron chi connectivity index (χ0n) is 13.3. The van der Waals surface area contributed by atoms with Gasteiger partial charge in [-0.15, -0.1) is 0 Å². The summed E-state index contributed by atoms with van der Waals surface area (Å²) in [5.74, 6) is 0. The molecule has 7 heteroatoms. The van der Waals surface area contributed by atoms with Crippen molar-refractivity contribution in [2.24, 2.45) is 0 Å². The maximum Gasteiger partial charge on any atom is 0.334 e. The maximum atomic E-state index is 5.46. The highest BCUT2D eigenvalue weighted by molar-refractivity contribution is 6.71. The largest absolute Gasteiger partial charge is 0.420 e. The molecule has 0 saturated carbocycles. The molecule has 0 spiro atoms. The Bertz CT molecular complexity index is 222. The van der Waals surface area contributed by atoms with Crippen LogP contribution in [-0.4, -0.2) is 51.4 Å². The number of rotatable bonds is 12. The van der Waals surface area contributed by atoms with Crippen molar-refractivity contribution >= 4 is 16.9 Å². The van der Waals surface area contributed by atoms with Crippen molar-refractivity contribution in [3.05, 3.63) is 0 Å². The fourth-order valence-corrected chi connectivity index (χ4v) is 4.08. The highest BCUT2D eigenvalue weighted by Gasteiger charge is 2.27. The molecule has 116 valence electrons. The molecule has 0 unspecified atom stereocenters. The first-order valence-electron chi connectivity index (χ1n) is 6.79. The van der Waals surface area contributed by atoms with Gasteiger partial charge in [0.25, 0.3) is 0 Å². The molecule has 0 bridgehead atoms. The van der Waals surface area contributed by atoms with Gasteiger partial charge in [-0.05, 0) is 44.6 Å². The first-order valence-corrected chi connectivity index (χ1v) is 12.4. The van der Waals surface area contributed by atoms with Crippen molar-refractivity contribution in [2.75, 3.05) is 34.5 Å². The average Bonchev–Trinajstić information content (AvgIpc) is 2.41. The predicted molar refractivity (Wildman–Crippen MR) is 80.9 cm³/mol. The first kappa shape index (κ1) is 19.2. The van der Waals surface area contributed by atoms with Crippen LogP contribution in [0, 0.1) is 0 Å². The maximum absolute atomic E-state index is 5.46. The van der Waals surface area contributed by atoms with Crippen LogP contribution in [0.15, 0.2) is 0 Å². The Morgan fingerprint density at radius 2 is 1.16 bits per heavy atom. The number of hydrogen-bond donors (Lipinski definition) is 0. The second-order valence-electron chi connectivity index (χ2n) is 5.36. The van der Waals surface area contributed by atoms with Crippen LogP contribution in [0.4, 0.5) is 0 Å². The molecular weight excluding hydrogens is 280 g/mol. The highest BCUT2D eigenvalue weighted by Crippen LogP contribution is 2.14. The van der Waals surface area contributed by atoms with E-state index in [1.165, 1.54) is 0 Å². The van der Waals surface area contributed by atoms with Crippen LogP contribution in [0.1, 0.15) is 12.8 Å². The Kier molecular flexibility index (Phi) is 10.2. The van der Waals surface area contributed by atoms with E-state index in [9.17, 15) is 0 Å². The fraction of sp³-hybridized carbons (Fsp3) is 1.00. The Morgan fingerprint density at radius 3 is 1.58 bits per heavy atom. The molecule has 0 aliphatic heterocycles. The van der Waals surface area contributed by atoms with Gasteiger partial charge in [0, 0.05) is 21.3 Å². The predicted octanol–water partition coefficient (Wildman–Crippen LogP) is 2.93. The van der Waals surface area contributed by atoms with Gasteiger partial charge in [0.15, 0.2) is 8.32 Å². The molecule has 0 rings (SSSR count). The van der Waals surface area contributed by atoms with Crippen molar-refractivity contribution in [2.45, 2.75) is 44.6 Å². The Balaban J connectivity index is 3.42. The second-order valence-corrected chi connectivity index (χ2v) is 13.4. The summed E-state index contributed by atoms with van der Waals surface area (Å²) in [7, 11) is 1.79. The topological polar surface area (TPSA) is 46.2 Å². The molecule has 0 N–H and O–H groups in total. The van der Waals surface area contributed by atoms with E-state index in [2.05, 4.69) is 13.1 Å². The zero-order chi connectivity index (χ0) is 14.8. The zero-order valence-corrected chi connectivity index (χ0v) is 15.3. The molecule has 0 fully saturated rings. The Hall–Kier alpha value is 0.234. The molecule has 0 amide bonds. The van der Waals surface area contributed by atoms with Crippen LogP contribution in [0.2, 0.25) is 31.7 Å². The third-order valence-corrected chi connectivity index (χ3v) is 9.02. The SMILES string of the molecule is CO[Si](C)(C)CCCOOCCC[Si](C)(OC)OC. The molecule has 0 aromatic carbocycles. The van der Waals surface area contributed by atoms with Crippen LogP contribution < -0.4 is 0 Å². The molecule has 19 heavy (non-hydrogen) atoms. The lowest BCUT2D eigenvalue weighted by molar-refractivity contribution is -0.294. The summed E-state index contributed by atoms with van der Waals surface area (Å²) in [4.78, 5) is 10.3. The molecular formula is C12H30O5Si2. The van der Waals surface area contributed by atoms with Gasteiger partial charge in [-0.25, -0.2) is 9.78 Å². The van der Waals surface area contributed by atoms with E-state index >= 15 is 0 Å². The summed E-state index contributed by atoms with van der Waals surface area (Å²) in [5.41, 5.74) is 0. The molecule has 0 aliphatic carbocycles. The van der Waals surface area contributed by atoms with E-state index in [-0.39, 0.29) is 0 Å². The van der Waals surface area contributed by atoms with Gasteiger partial charge >= 0.3 is 8.56 Å². The normalized spacial score (nSPS) is 12.9. The van der Waals surface area contributed by atoms with Gasteiger partial charge in [-0.1, -0.05) is 0 Å². The summed E-state index contributed by atoms with van der Waals surface area (Å²) < 4.78 is 16.2. The van der Waals surface area contributed by atoms with Crippen molar-refractivity contribution in [1.29, 1.82) is 0 Å². The fourth-order valence-electron chi connectivity index (χ4n) is 1.52. The molecule has 0 saturated heterocycles. The van der Waals surface area contributed by atoms with Crippen LogP contribution in [0.5, 0.6) is 0 Å². The third kappa shape index (κ3) is 9.72. The van der Waals surface area contributed by atoms with E-state index in [0.717, 1.165) is 24.9 Å². The van der Waals surface area contributed by atoms with Crippen LogP contribution in [0.25, 0.3) is 0 Å². The van der Waals surface area contributed by atoms with Gasteiger partial charge in [-0.2, -0.15) is 0 Å². The third-order valence-electron chi connectivity index (χ3n) is 3.36. The molecule has 0 aliphatic rings. The number of hydrogen-bond acceptors (Lipinski definition) is 5. The summed E-state index contributed by atoms with van der Waals surface area (Å²) in [5, 5.41) is 0. The molecule has 0 atom stereocenters. The van der Waals surface area contributed by atoms with E-state index in [1.807, 2.05) is 6.55 Å². The van der Waals surface area contributed by atoms with E-state index in [1.54, 1.807) is 21.3 Å². The quantitative estimate of drug-likeness (QED) is 0.240. The van der Waals surface area contributed by atoms with Gasteiger partial charge < -0.3 is 13.3 Å². The summed E-state index contributed by atoms with van der Waals surface area (Å²) in [6, 6.07) is 2.00. The van der Waals surface area contributed by atoms with Gasteiger partial charge in [0.2, 0.25) is 0 Å². The summed E-state index contributed by atoms with van der Waals surface area (Å²) >= 11 is 0. The standard InChI is InChI=1S/C12H30O5Si2/c1-13-18(4,5)11-7-9-16-17-10-8-12-19(6,14-2)15-3/h7-12H2,1-6H3. The van der Waals surface area contributed by atoms with Gasteiger partial charge in [0.05, 0.1) is 13.2 Å². The molecule has 0 heterocycles. The minimum atomic E-state index is -1.95. The smallest absolute Gasteiger partial charge is 0.334 e. The highest BCUT2D eigenvalue weighted by atomic mass is 28.4. The molecule has 0 radical (unpaired) electrons. The minimum absolute atomic E-state index is 0.584. The van der Waals surface area contributed by atoms with Crippen molar-refractivity contribution in [3.8, 4) is 0 Å². The van der Waals surface area contributed by atoms with E-state index in [0.29, 0.717) is 13.2 Å². The van der Waals surface area contributed by atoms with Crippen molar-refractivity contribution in [3.63, 3.8) is 0 Å². The molecule has 5 nitrogen and oxygen atoms in total. The lowest BCUT2D eigenvalue weighted by Gasteiger charge is -2.22. The first-order chi connectivity index (χ1) is 8.89. The van der Waals surface area contributed by atoms with Crippen LogP contribution in [-0.2, 0) is 23.1 Å².